The first kappa shape index (κ1) is 18.3. The average Bonchev–Trinajstić information content (AvgIpc) is 2.33. The number of hydrogen-bond donors (Lipinski definition) is 1. The molecule has 0 saturated carbocycles. The van der Waals surface area contributed by atoms with Crippen molar-refractivity contribution in [2.24, 2.45) is 4.99 Å². The summed E-state index contributed by atoms with van der Waals surface area (Å²) in [4.78, 5) is 13.1. The van der Waals surface area contributed by atoms with Gasteiger partial charge in [-0.05, 0) is 12.1 Å². The van der Waals surface area contributed by atoms with Crippen LogP contribution >= 0.6 is 39.1 Å². The van der Waals surface area contributed by atoms with E-state index in [9.17, 15) is 18.0 Å². The summed E-state index contributed by atoms with van der Waals surface area (Å²) in [5, 5.41) is 8.93. The Morgan fingerprint density at radius 1 is 1.29 bits per heavy atom. The normalized spacial score (nSPS) is 14.3. The number of hydrogen-bond acceptors (Lipinski definition) is 2. The van der Waals surface area contributed by atoms with Crippen LogP contribution in [0.2, 0.25) is 0 Å². The standard InChI is InChI=1S/C12H9BrCl2F3NO2/c13-7-3-1-6(2-4-7)10(12(16,17)18)19-8(11(20)21)5-9(14)15/h1-4,8-9H,5H2,(H,20,21)/t8-/m0/s1. The lowest BCUT2D eigenvalue weighted by atomic mass is 10.1. The second-order valence-electron chi connectivity index (χ2n) is 3.96. The summed E-state index contributed by atoms with van der Waals surface area (Å²) in [5.74, 6) is -1.53. The van der Waals surface area contributed by atoms with E-state index in [1.807, 2.05) is 0 Å². The number of rotatable bonds is 5. The van der Waals surface area contributed by atoms with E-state index >= 15 is 0 Å². The first-order chi connectivity index (χ1) is 9.61. The minimum Gasteiger partial charge on any atom is -0.480 e. The van der Waals surface area contributed by atoms with Crippen molar-refractivity contribution in [3.05, 3.63) is 34.3 Å². The van der Waals surface area contributed by atoms with Crippen molar-refractivity contribution in [3.63, 3.8) is 0 Å². The zero-order valence-corrected chi connectivity index (χ0v) is 13.3. The smallest absolute Gasteiger partial charge is 0.433 e. The number of carboxylic acid groups (broad SMARTS) is 1. The van der Waals surface area contributed by atoms with Crippen molar-refractivity contribution in [1.82, 2.24) is 0 Å². The van der Waals surface area contributed by atoms with Crippen LogP contribution < -0.4 is 0 Å². The third kappa shape index (κ3) is 5.84. The molecule has 3 nitrogen and oxygen atoms in total. The lowest BCUT2D eigenvalue weighted by Gasteiger charge is -2.15. The Kier molecular flexibility index (Phi) is 6.49. The average molecular weight is 407 g/mol. The van der Waals surface area contributed by atoms with Crippen LogP contribution in [0.15, 0.2) is 33.7 Å². The highest BCUT2D eigenvalue weighted by Gasteiger charge is 2.38. The van der Waals surface area contributed by atoms with Crippen LogP contribution in [0.25, 0.3) is 0 Å². The van der Waals surface area contributed by atoms with Gasteiger partial charge in [0.05, 0.1) is 0 Å². The third-order valence-electron chi connectivity index (χ3n) is 2.36. The minimum atomic E-state index is -4.80. The molecule has 1 aromatic carbocycles. The highest BCUT2D eigenvalue weighted by atomic mass is 79.9. The van der Waals surface area contributed by atoms with Crippen LogP contribution in [0, 0.1) is 0 Å². The maximum Gasteiger partial charge on any atom is 0.433 e. The fraction of sp³-hybridized carbons (Fsp3) is 0.333. The number of carbonyl (C=O) groups is 1. The van der Waals surface area contributed by atoms with E-state index in [0.717, 1.165) is 0 Å². The molecule has 0 spiro atoms. The molecule has 0 amide bonds. The van der Waals surface area contributed by atoms with Crippen molar-refractivity contribution in [2.45, 2.75) is 23.5 Å². The quantitative estimate of drug-likeness (QED) is 0.580. The van der Waals surface area contributed by atoms with E-state index in [0.29, 0.717) is 4.47 Å². The summed E-state index contributed by atoms with van der Waals surface area (Å²) in [6.45, 7) is 0. The highest BCUT2D eigenvalue weighted by molar-refractivity contribution is 9.10. The summed E-state index contributed by atoms with van der Waals surface area (Å²) in [7, 11) is 0. The lowest BCUT2D eigenvalue weighted by molar-refractivity contribution is -0.138. The predicted molar refractivity (Wildman–Crippen MR) is 78.3 cm³/mol. The number of aliphatic carboxylic acids is 1. The second-order valence-corrected chi connectivity index (χ2v) is 6.16. The number of halogens is 6. The number of nitrogens with zero attached hydrogens (tertiary/aromatic N) is 1. The molecule has 1 N–H and O–H groups in total. The lowest BCUT2D eigenvalue weighted by Crippen LogP contribution is -2.29. The van der Waals surface area contributed by atoms with Crippen molar-refractivity contribution in [3.8, 4) is 0 Å². The number of carboxylic acids is 1. The second kappa shape index (κ2) is 7.47. The molecule has 1 rings (SSSR count). The van der Waals surface area contributed by atoms with Gasteiger partial charge in [-0.1, -0.05) is 28.1 Å². The van der Waals surface area contributed by atoms with Crippen LogP contribution in [-0.4, -0.2) is 33.8 Å². The van der Waals surface area contributed by atoms with Gasteiger partial charge in [-0.2, -0.15) is 13.2 Å². The molecule has 116 valence electrons. The number of benzene rings is 1. The molecule has 0 bridgehead atoms. The number of alkyl halides is 5. The van der Waals surface area contributed by atoms with E-state index in [4.69, 9.17) is 28.3 Å². The summed E-state index contributed by atoms with van der Waals surface area (Å²) < 4.78 is 39.8. The van der Waals surface area contributed by atoms with Gasteiger partial charge in [0.15, 0.2) is 6.04 Å². The Bertz CT molecular complexity index is 532. The van der Waals surface area contributed by atoms with Gasteiger partial charge >= 0.3 is 12.1 Å². The summed E-state index contributed by atoms with van der Waals surface area (Å²) in [6.07, 6.45) is -5.22. The molecule has 0 fully saturated rings. The maximum absolute atomic E-state index is 13.1. The predicted octanol–water partition coefficient (Wildman–Crippen LogP) is 4.45. The largest absolute Gasteiger partial charge is 0.480 e. The molecule has 0 radical (unpaired) electrons. The van der Waals surface area contributed by atoms with Crippen molar-refractivity contribution in [2.75, 3.05) is 0 Å². The molecule has 21 heavy (non-hydrogen) atoms. The third-order valence-corrected chi connectivity index (χ3v) is 3.24. The summed E-state index contributed by atoms with van der Waals surface area (Å²) >= 11 is 14.0. The van der Waals surface area contributed by atoms with Gasteiger partial charge in [0.2, 0.25) is 0 Å². The molecule has 0 heterocycles. The molecule has 0 unspecified atom stereocenters. The van der Waals surface area contributed by atoms with Gasteiger partial charge in [0.25, 0.3) is 0 Å². The van der Waals surface area contributed by atoms with Gasteiger partial charge in [-0.15, -0.1) is 23.2 Å². The summed E-state index contributed by atoms with van der Waals surface area (Å²) in [5.41, 5.74) is -1.52. The van der Waals surface area contributed by atoms with Crippen LogP contribution in [0.5, 0.6) is 0 Å². The fourth-order valence-electron chi connectivity index (χ4n) is 1.45. The van der Waals surface area contributed by atoms with Gasteiger partial charge in [0, 0.05) is 16.5 Å². The minimum absolute atomic E-state index is 0.238. The molecule has 9 heteroatoms. The molecular formula is C12H9BrCl2F3NO2. The monoisotopic (exact) mass is 405 g/mol. The SMILES string of the molecule is O=C(O)[C@H](CC(Cl)Cl)N=C(c1ccc(Br)cc1)C(F)(F)F. The van der Waals surface area contributed by atoms with Crippen molar-refractivity contribution >= 4 is 50.8 Å². The van der Waals surface area contributed by atoms with Gasteiger partial charge in [-0.25, -0.2) is 4.79 Å². The van der Waals surface area contributed by atoms with Gasteiger partial charge in [-0.3, -0.25) is 4.99 Å². The molecule has 0 saturated heterocycles. The zero-order chi connectivity index (χ0) is 16.2. The van der Waals surface area contributed by atoms with E-state index in [1.54, 1.807) is 0 Å². The van der Waals surface area contributed by atoms with Crippen LogP contribution in [0.3, 0.4) is 0 Å². The van der Waals surface area contributed by atoms with Gasteiger partial charge < -0.3 is 5.11 Å². The van der Waals surface area contributed by atoms with E-state index in [2.05, 4.69) is 20.9 Å². The first-order valence-corrected chi connectivity index (χ1v) is 7.19. The Morgan fingerprint density at radius 2 is 1.81 bits per heavy atom. The molecule has 1 aromatic rings. The Balaban J connectivity index is 3.26. The summed E-state index contributed by atoms with van der Waals surface area (Å²) in [6, 6.07) is 3.50. The Hall–Kier alpha value is -0.790. The van der Waals surface area contributed by atoms with E-state index in [-0.39, 0.29) is 5.56 Å². The van der Waals surface area contributed by atoms with Gasteiger partial charge in [0.1, 0.15) is 10.5 Å². The van der Waals surface area contributed by atoms with Crippen LogP contribution in [0.4, 0.5) is 13.2 Å². The van der Waals surface area contributed by atoms with Crippen LogP contribution in [0.1, 0.15) is 12.0 Å². The van der Waals surface area contributed by atoms with Crippen molar-refractivity contribution in [1.29, 1.82) is 0 Å². The Labute approximate surface area is 136 Å². The molecular weight excluding hydrogens is 398 g/mol. The zero-order valence-electron chi connectivity index (χ0n) is 10.2. The first-order valence-electron chi connectivity index (χ1n) is 5.53. The highest BCUT2D eigenvalue weighted by Crippen LogP contribution is 2.25. The molecule has 0 aliphatic carbocycles. The molecule has 1 atom stereocenters. The van der Waals surface area contributed by atoms with E-state index < -0.39 is 35.2 Å². The maximum atomic E-state index is 13.1. The molecule has 0 aliphatic rings. The fourth-order valence-corrected chi connectivity index (χ4v) is 2.05. The molecule has 0 aliphatic heterocycles. The molecule has 0 aromatic heterocycles. The number of aliphatic imine (C=N–C) groups is 1. The van der Waals surface area contributed by atoms with E-state index in [1.165, 1.54) is 24.3 Å². The van der Waals surface area contributed by atoms with Crippen LogP contribution in [-0.2, 0) is 4.79 Å². The topological polar surface area (TPSA) is 49.7 Å². The van der Waals surface area contributed by atoms with Crippen molar-refractivity contribution < 1.29 is 23.1 Å². The Morgan fingerprint density at radius 3 is 2.19 bits per heavy atom.